The van der Waals surface area contributed by atoms with Crippen molar-refractivity contribution in [3.8, 4) is 0 Å². The van der Waals surface area contributed by atoms with E-state index in [0.717, 1.165) is 14.2 Å². The van der Waals surface area contributed by atoms with Gasteiger partial charge in [0.05, 0.1) is 19.9 Å². The molecule has 1 N–H and O–H groups in total. The van der Waals surface area contributed by atoms with Crippen LogP contribution in [0.15, 0.2) is 41.5 Å². The third-order valence-electron chi connectivity index (χ3n) is 2.94. The Balaban J connectivity index is 2.50. The number of nitrogens with one attached hydrogen (secondary N) is 1. The van der Waals surface area contributed by atoms with Gasteiger partial charge >= 0.3 is 11.9 Å². The number of ether oxygens (including phenoxy) is 2. The summed E-state index contributed by atoms with van der Waals surface area (Å²) >= 11 is 0. The third-order valence-corrected chi connectivity index (χ3v) is 2.94. The maximum Gasteiger partial charge on any atom is 0.343 e. The largest absolute Gasteiger partial charge is 0.465 e. The Morgan fingerprint density at radius 3 is 1.91 bits per heavy atom. The molecule has 0 aliphatic heterocycles. The molecule has 1 aromatic heterocycles. The van der Waals surface area contributed by atoms with E-state index in [1.165, 1.54) is 41.3 Å². The number of nitrogens with zero attached hydrogens (tertiary/aromatic N) is 1. The van der Waals surface area contributed by atoms with Crippen molar-refractivity contribution in [3.05, 3.63) is 63.8 Å². The van der Waals surface area contributed by atoms with Gasteiger partial charge in [0.15, 0.2) is 0 Å². The lowest BCUT2D eigenvalue weighted by molar-refractivity contribution is 0.0594. The van der Waals surface area contributed by atoms with E-state index in [1.54, 1.807) is 0 Å². The Morgan fingerprint density at radius 2 is 1.48 bits per heavy atom. The minimum atomic E-state index is -0.893. The SMILES string of the molecule is COC(=O)c1cn(Nc2ccc(F)cc2)cc(C(=O)OC)c1=O. The molecule has 0 atom stereocenters. The third kappa shape index (κ3) is 3.54. The smallest absolute Gasteiger partial charge is 0.343 e. The van der Waals surface area contributed by atoms with Gasteiger partial charge in [0.2, 0.25) is 5.43 Å². The number of carbonyl (C=O) groups excluding carboxylic acids is 2. The number of aromatic nitrogens is 1. The monoisotopic (exact) mass is 320 g/mol. The first-order valence-electron chi connectivity index (χ1n) is 6.41. The zero-order valence-electron chi connectivity index (χ0n) is 12.3. The van der Waals surface area contributed by atoms with Gasteiger partial charge in [-0.15, -0.1) is 0 Å². The molecule has 0 spiro atoms. The van der Waals surface area contributed by atoms with E-state index in [0.29, 0.717) is 5.69 Å². The Morgan fingerprint density at radius 1 is 1.00 bits per heavy atom. The maximum atomic E-state index is 12.9. The van der Waals surface area contributed by atoms with E-state index in [9.17, 15) is 18.8 Å². The first-order chi connectivity index (χ1) is 11.0. The van der Waals surface area contributed by atoms with Crippen molar-refractivity contribution >= 4 is 17.6 Å². The Bertz CT molecular complexity index is 758. The van der Waals surface area contributed by atoms with Crippen LogP contribution in [0.3, 0.4) is 0 Å². The van der Waals surface area contributed by atoms with Gasteiger partial charge in [-0.05, 0) is 24.3 Å². The van der Waals surface area contributed by atoms with Gasteiger partial charge in [-0.2, -0.15) is 0 Å². The quantitative estimate of drug-likeness (QED) is 0.858. The number of anilines is 1. The molecule has 1 aromatic carbocycles. The summed E-state index contributed by atoms with van der Waals surface area (Å²) < 4.78 is 23.2. The van der Waals surface area contributed by atoms with Crippen LogP contribution in [0.2, 0.25) is 0 Å². The van der Waals surface area contributed by atoms with Crippen LogP contribution in [0.4, 0.5) is 10.1 Å². The molecule has 8 heteroatoms. The van der Waals surface area contributed by atoms with Gasteiger partial charge in [0, 0.05) is 12.4 Å². The molecule has 23 heavy (non-hydrogen) atoms. The summed E-state index contributed by atoms with van der Waals surface area (Å²) in [6.07, 6.45) is 2.34. The average molecular weight is 320 g/mol. The highest BCUT2D eigenvalue weighted by molar-refractivity contribution is 5.94. The van der Waals surface area contributed by atoms with Crippen molar-refractivity contribution in [1.82, 2.24) is 4.68 Å². The van der Waals surface area contributed by atoms with Crippen molar-refractivity contribution in [2.24, 2.45) is 0 Å². The lowest BCUT2D eigenvalue weighted by atomic mass is 10.2. The summed E-state index contributed by atoms with van der Waals surface area (Å²) in [4.78, 5) is 35.5. The highest BCUT2D eigenvalue weighted by Crippen LogP contribution is 2.10. The summed E-state index contributed by atoms with van der Waals surface area (Å²) in [6, 6.07) is 5.35. The molecular weight excluding hydrogens is 307 g/mol. The second-order valence-corrected chi connectivity index (χ2v) is 4.42. The lowest BCUT2D eigenvalue weighted by Gasteiger charge is -2.13. The standard InChI is InChI=1S/C15H13FN2O5/c1-22-14(20)11-7-18(8-12(13(11)19)15(21)23-2)17-10-5-3-9(16)4-6-10/h3-8,17H,1-2H3. The van der Waals surface area contributed by atoms with Crippen LogP contribution < -0.4 is 10.9 Å². The summed E-state index contributed by atoms with van der Waals surface area (Å²) in [5, 5.41) is 0. The molecule has 0 saturated carbocycles. The second-order valence-electron chi connectivity index (χ2n) is 4.42. The van der Waals surface area contributed by atoms with E-state index in [2.05, 4.69) is 14.9 Å². The molecule has 0 unspecified atom stereocenters. The molecule has 2 aromatic rings. The molecule has 2 rings (SSSR count). The number of pyridine rings is 1. The van der Waals surface area contributed by atoms with Crippen LogP contribution in [0.1, 0.15) is 20.7 Å². The van der Waals surface area contributed by atoms with E-state index in [-0.39, 0.29) is 11.1 Å². The fourth-order valence-corrected chi connectivity index (χ4v) is 1.83. The highest BCUT2D eigenvalue weighted by Gasteiger charge is 2.20. The van der Waals surface area contributed by atoms with E-state index < -0.39 is 23.2 Å². The summed E-state index contributed by atoms with van der Waals surface area (Å²) in [7, 11) is 2.23. The second kappa shape index (κ2) is 6.73. The lowest BCUT2D eigenvalue weighted by Crippen LogP contribution is -2.27. The number of hydrogen-bond donors (Lipinski definition) is 1. The van der Waals surface area contributed by atoms with E-state index >= 15 is 0 Å². The number of halogens is 1. The Labute approximate surface area is 130 Å². The fourth-order valence-electron chi connectivity index (χ4n) is 1.83. The Hall–Kier alpha value is -3.16. The molecule has 0 aliphatic carbocycles. The zero-order valence-corrected chi connectivity index (χ0v) is 12.3. The van der Waals surface area contributed by atoms with E-state index in [4.69, 9.17) is 0 Å². The molecular formula is C15H13FN2O5. The minimum Gasteiger partial charge on any atom is -0.465 e. The Kier molecular flexibility index (Phi) is 4.75. The zero-order chi connectivity index (χ0) is 17.0. The first-order valence-corrected chi connectivity index (χ1v) is 6.41. The van der Waals surface area contributed by atoms with E-state index in [1.807, 2.05) is 0 Å². The van der Waals surface area contributed by atoms with Crippen molar-refractivity contribution in [1.29, 1.82) is 0 Å². The van der Waals surface area contributed by atoms with Crippen molar-refractivity contribution in [3.63, 3.8) is 0 Å². The van der Waals surface area contributed by atoms with Crippen LogP contribution >= 0.6 is 0 Å². The van der Waals surface area contributed by atoms with Crippen molar-refractivity contribution in [2.75, 3.05) is 19.6 Å². The first kappa shape index (κ1) is 16.2. The molecule has 0 radical (unpaired) electrons. The number of rotatable bonds is 4. The maximum absolute atomic E-state index is 12.9. The van der Waals surface area contributed by atoms with Crippen LogP contribution in [0, 0.1) is 5.82 Å². The predicted molar refractivity (Wildman–Crippen MR) is 78.8 cm³/mol. The number of hydrogen-bond acceptors (Lipinski definition) is 6. The number of carbonyl (C=O) groups is 2. The van der Waals surface area contributed by atoms with Gasteiger partial charge in [-0.1, -0.05) is 0 Å². The number of esters is 2. The molecule has 1 heterocycles. The van der Waals surface area contributed by atoms with Gasteiger partial charge in [0.25, 0.3) is 0 Å². The van der Waals surface area contributed by atoms with Crippen molar-refractivity contribution in [2.45, 2.75) is 0 Å². The number of benzene rings is 1. The fraction of sp³-hybridized carbons (Fsp3) is 0.133. The van der Waals surface area contributed by atoms with Crippen molar-refractivity contribution < 1.29 is 23.5 Å². The molecule has 0 aliphatic rings. The topological polar surface area (TPSA) is 86.6 Å². The summed E-state index contributed by atoms with van der Waals surface area (Å²) in [6.45, 7) is 0. The molecule has 0 saturated heterocycles. The molecule has 0 amide bonds. The highest BCUT2D eigenvalue weighted by atomic mass is 19.1. The summed E-state index contributed by atoms with van der Waals surface area (Å²) in [5.74, 6) is -2.20. The molecule has 7 nitrogen and oxygen atoms in total. The molecule has 120 valence electrons. The molecule has 0 fully saturated rings. The summed E-state index contributed by atoms with van der Waals surface area (Å²) in [5.41, 5.74) is 1.78. The van der Waals surface area contributed by atoms with Crippen LogP contribution in [0.5, 0.6) is 0 Å². The average Bonchev–Trinajstić information content (AvgIpc) is 2.56. The van der Waals surface area contributed by atoms with Gasteiger partial charge < -0.3 is 9.47 Å². The molecule has 0 bridgehead atoms. The van der Waals surface area contributed by atoms with Gasteiger partial charge in [-0.25, -0.2) is 14.0 Å². The minimum absolute atomic E-state index is 0.343. The van der Waals surface area contributed by atoms with Crippen LogP contribution in [0.25, 0.3) is 0 Å². The van der Waals surface area contributed by atoms with Gasteiger partial charge in [0.1, 0.15) is 16.9 Å². The number of methoxy groups -OCH3 is 2. The van der Waals surface area contributed by atoms with Crippen LogP contribution in [-0.4, -0.2) is 30.8 Å². The normalized spacial score (nSPS) is 10.0. The predicted octanol–water partition coefficient (Wildman–Crippen LogP) is 1.44. The van der Waals surface area contributed by atoms with Gasteiger partial charge in [-0.3, -0.25) is 14.9 Å². The van der Waals surface area contributed by atoms with Crippen LogP contribution in [-0.2, 0) is 9.47 Å².